The standard InChI is InChI=1S/C14H8F3N3O2/c15-14(16,17)9-4-2-1-3-7(9)10-6-5-8-11(18-10)19-13(22)20-12(8)21/h1-6H,(H2,18,19,20,21,22). The van der Waals surface area contributed by atoms with Crippen molar-refractivity contribution < 1.29 is 13.2 Å². The first-order valence-corrected chi connectivity index (χ1v) is 6.16. The maximum atomic E-state index is 13.0. The molecule has 3 rings (SSSR count). The van der Waals surface area contributed by atoms with E-state index in [-0.39, 0.29) is 22.3 Å². The summed E-state index contributed by atoms with van der Waals surface area (Å²) in [4.78, 5) is 31.1. The van der Waals surface area contributed by atoms with Gasteiger partial charge in [-0.1, -0.05) is 18.2 Å². The van der Waals surface area contributed by atoms with Crippen molar-refractivity contribution >= 4 is 11.0 Å². The molecule has 0 atom stereocenters. The van der Waals surface area contributed by atoms with Crippen LogP contribution in [0.2, 0.25) is 0 Å². The molecular formula is C14H8F3N3O2. The van der Waals surface area contributed by atoms with Gasteiger partial charge in [-0.2, -0.15) is 13.2 Å². The Hall–Kier alpha value is -2.90. The number of nitrogens with zero attached hydrogens (tertiary/aromatic N) is 1. The number of aromatic amines is 2. The lowest BCUT2D eigenvalue weighted by Gasteiger charge is -2.12. The van der Waals surface area contributed by atoms with Crippen LogP contribution in [0, 0.1) is 0 Å². The molecule has 5 nitrogen and oxygen atoms in total. The van der Waals surface area contributed by atoms with Crippen LogP contribution >= 0.6 is 0 Å². The van der Waals surface area contributed by atoms with Gasteiger partial charge in [-0.3, -0.25) is 14.8 Å². The molecular weight excluding hydrogens is 299 g/mol. The van der Waals surface area contributed by atoms with Crippen LogP contribution in [0.15, 0.2) is 46.0 Å². The second-order valence-corrected chi connectivity index (χ2v) is 4.54. The second-order valence-electron chi connectivity index (χ2n) is 4.54. The number of fused-ring (bicyclic) bond motifs is 1. The van der Waals surface area contributed by atoms with E-state index in [1.54, 1.807) is 0 Å². The predicted molar refractivity (Wildman–Crippen MR) is 73.4 cm³/mol. The second kappa shape index (κ2) is 4.83. The molecule has 0 spiro atoms. The number of benzene rings is 1. The Morgan fingerprint density at radius 1 is 0.955 bits per heavy atom. The summed E-state index contributed by atoms with van der Waals surface area (Å²) >= 11 is 0. The fourth-order valence-corrected chi connectivity index (χ4v) is 2.15. The van der Waals surface area contributed by atoms with Gasteiger partial charge < -0.3 is 0 Å². The highest BCUT2D eigenvalue weighted by atomic mass is 19.4. The lowest BCUT2D eigenvalue weighted by molar-refractivity contribution is -0.137. The summed E-state index contributed by atoms with van der Waals surface area (Å²) in [7, 11) is 0. The lowest BCUT2D eigenvalue weighted by Crippen LogP contribution is -2.22. The van der Waals surface area contributed by atoms with E-state index >= 15 is 0 Å². The Bertz CT molecular complexity index is 973. The van der Waals surface area contributed by atoms with Crippen molar-refractivity contribution in [1.29, 1.82) is 0 Å². The molecule has 8 heteroatoms. The van der Waals surface area contributed by atoms with Crippen LogP contribution in [0.3, 0.4) is 0 Å². The topological polar surface area (TPSA) is 78.6 Å². The predicted octanol–water partition coefficient (Wildman–Crippen LogP) is 2.30. The number of hydrogen-bond acceptors (Lipinski definition) is 3. The number of halogens is 3. The first-order chi connectivity index (χ1) is 10.4. The van der Waals surface area contributed by atoms with Gasteiger partial charge >= 0.3 is 11.9 Å². The van der Waals surface area contributed by atoms with Crippen LogP contribution in [0.25, 0.3) is 22.3 Å². The summed E-state index contributed by atoms with van der Waals surface area (Å²) in [6, 6.07) is 7.58. The van der Waals surface area contributed by atoms with Gasteiger partial charge in [0.05, 0.1) is 16.6 Å². The number of pyridine rings is 1. The molecule has 3 aromatic rings. The summed E-state index contributed by atoms with van der Waals surface area (Å²) in [5.74, 6) is 0. The van der Waals surface area contributed by atoms with Crippen molar-refractivity contribution in [3.05, 3.63) is 62.8 Å². The molecule has 0 bridgehead atoms. The van der Waals surface area contributed by atoms with Gasteiger partial charge in [0.1, 0.15) is 5.65 Å². The SMILES string of the molecule is O=c1[nH]c(=O)c2ccc(-c3ccccc3C(F)(F)F)nc2[nH]1. The first kappa shape index (κ1) is 14.1. The lowest BCUT2D eigenvalue weighted by atomic mass is 10.0. The maximum Gasteiger partial charge on any atom is 0.417 e. The number of nitrogens with one attached hydrogen (secondary N) is 2. The van der Waals surface area contributed by atoms with Gasteiger partial charge in [-0.05, 0) is 18.2 Å². The Kier molecular flexibility index (Phi) is 3.09. The number of rotatable bonds is 1. The van der Waals surface area contributed by atoms with Crippen LogP contribution in [0.1, 0.15) is 5.56 Å². The molecule has 0 aliphatic rings. The number of H-pyrrole nitrogens is 2. The molecule has 112 valence electrons. The van der Waals surface area contributed by atoms with Gasteiger partial charge in [0.25, 0.3) is 5.56 Å². The van der Waals surface area contributed by atoms with Crippen molar-refractivity contribution in [1.82, 2.24) is 15.0 Å². The average Bonchev–Trinajstić information content (AvgIpc) is 2.45. The summed E-state index contributed by atoms with van der Waals surface area (Å²) in [6.07, 6.45) is -4.53. The molecule has 0 unspecified atom stereocenters. The summed E-state index contributed by atoms with van der Waals surface area (Å²) in [5.41, 5.74) is -2.44. The number of aromatic nitrogens is 3. The molecule has 0 amide bonds. The largest absolute Gasteiger partial charge is 0.417 e. The quantitative estimate of drug-likeness (QED) is 0.724. The Morgan fingerprint density at radius 3 is 2.41 bits per heavy atom. The third-order valence-corrected chi connectivity index (χ3v) is 3.11. The summed E-state index contributed by atoms with van der Waals surface area (Å²) in [6.45, 7) is 0. The fraction of sp³-hybridized carbons (Fsp3) is 0.0714. The molecule has 2 aromatic heterocycles. The van der Waals surface area contributed by atoms with Crippen LogP contribution < -0.4 is 11.2 Å². The van der Waals surface area contributed by atoms with Gasteiger partial charge in [-0.25, -0.2) is 9.78 Å². The van der Waals surface area contributed by atoms with E-state index in [2.05, 4.69) is 9.97 Å². The van der Waals surface area contributed by atoms with Gasteiger partial charge in [-0.15, -0.1) is 0 Å². The van der Waals surface area contributed by atoms with Crippen molar-refractivity contribution in [3.8, 4) is 11.3 Å². The third kappa shape index (κ3) is 2.39. The minimum atomic E-state index is -4.53. The van der Waals surface area contributed by atoms with Crippen LogP contribution in [0.5, 0.6) is 0 Å². The molecule has 1 aromatic carbocycles. The van der Waals surface area contributed by atoms with Gasteiger partial charge in [0.2, 0.25) is 0 Å². The zero-order chi connectivity index (χ0) is 15.9. The summed E-state index contributed by atoms with van der Waals surface area (Å²) in [5, 5.41) is 0.0906. The zero-order valence-corrected chi connectivity index (χ0v) is 10.9. The number of alkyl halides is 3. The van der Waals surface area contributed by atoms with E-state index in [1.807, 2.05) is 4.98 Å². The van der Waals surface area contributed by atoms with Crippen LogP contribution in [-0.2, 0) is 6.18 Å². The monoisotopic (exact) mass is 307 g/mol. The van der Waals surface area contributed by atoms with Crippen molar-refractivity contribution in [2.24, 2.45) is 0 Å². The van der Waals surface area contributed by atoms with Crippen LogP contribution in [0.4, 0.5) is 13.2 Å². The highest BCUT2D eigenvalue weighted by Crippen LogP contribution is 2.36. The first-order valence-electron chi connectivity index (χ1n) is 6.16. The normalized spacial score (nSPS) is 11.8. The van der Waals surface area contributed by atoms with E-state index < -0.39 is 23.0 Å². The molecule has 0 fully saturated rings. The van der Waals surface area contributed by atoms with E-state index in [0.717, 1.165) is 6.07 Å². The molecule has 22 heavy (non-hydrogen) atoms. The number of hydrogen-bond donors (Lipinski definition) is 2. The minimum Gasteiger partial charge on any atom is -0.291 e. The third-order valence-electron chi connectivity index (χ3n) is 3.11. The zero-order valence-electron chi connectivity index (χ0n) is 10.9. The fourth-order valence-electron chi connectivity index (χ4n) is 2.15. The maximum absolute atomic E-state index is 13.0. The molecule has 0 radical (unpaired) electrons. The van der Waals surface area contributed by atoms with E-state index in [9.17, 15) is 22.8 Å². The molecule has 2 N–H and O–H groups in total. The molecule has 0 saturated heterocycles. The summed E-state index contributed by atoms with van der Waals surface area (Å²) < 4.78 is 39.1. The van der Waals surface area contributed by atoms with Gasteiger partial charge in [0, 0.05) is 5.56 Å². The molecule has 2 heterocycles. The Labute approximate surface area is 120 Å². The van der Waals surface area contributed by atoms with E-state index in [1.165, 1.54) is 30.3 Å². The van der Waals surface area contributed by atoms with Gasteiger partial charge in [0.15, 0.2) is 0 Å². The van der Waals surface area contributed by atoms with Crippen molar-refractivity contribution in [2.75, 3.05) is 0 Å². The molecule has 0 aliphatic heterocycles. The van der Waals surface area contributed by atoms with E-state index in [4.69, 9.17) is 0 Å². The Morgan fingerprint density at radius 2 is 1.68 bits per heavy atom. The molecule has 0 saturated carbocycles. The minimum absolute atomic E-state index is 0.0154. The van der Waals surface area contributed by atoms with Crippen molar-refractivity contribution in [2.45, 2.75) is 6.18 Å². The highest BCUT2D eigenvalue weighted by Gasteiger charge is 2.33. The smallest absolute Gasteiger partial charge is 0.291 e. The Balaban J connectivity index is 2.29. The van der Waals surface area contributed by atoms with Crippen molar-refractivity contribution in [3.63, 3.8) is 0 Å². The van der Waals surface area contributed by atoms with E-state index in [0.29, 0.717) is 0 Å². The highest BCUT2D eigenvalue weighted by molar-refractivity contribution is 5.78. The molecule has 0 aliphatic carbocycles. The average molecular weight is 307 g/mol. The van der Waals surface area contributed by atoms with Crippen LogP contribution in [-0.4, -0.2) is 15.0 Å².